The van der Waals surface area contributed by atoms with Crippen LogP contribution in [-0.4, -0.2) is 20.9 Å². The molecule has 0 atom stereocenters. The van der Waals surface area contributed by atoms with Crippen molar-refractivity contribution in [3.8, 4) is 11.3 Å². The number of nitrogens with zero attached hydrogens (tertiary/aromatic N) is 3. The van der Waals surface area contributed by atoms with Crippen LogP contribution < -0.4 is 5.32 Å². The SMILES string of the molecule is CCCc1nc(C)sc1C(=O)Nc1nc(-c2cccnc2)cs1. The zero-order chi connectivity index (χ0) is 16.2. The topological polar surface area (TPSA) is 67.8 Å². The van der Waals surface area contributed by atoms with Gasteiger partial charge in [0, 0.05) is 23.3 Å². The quantitative estimate of drug-likeness (QED) is 0.754. The van der Waals surface area contributed by atoms with Gasteiger partial charge in [-0.1, -0.05) is 13.3 Å². The van der Waals surface area contributed by atoms with Gasteiger partial charge in [0.25, 0.3) is 5.91 Å². The smallest absolute Gasteiger partial charge is 0.269 e. The Bertz CT molecular complexity index is 811. The maximum absolute atomic E-state index is 12.5. The number of pyridine rings is 1. The fraction of sp³-hybridized carbons (Fsp3) is 0.250. The van der Waals surface area contributed by atoms with Gasteiger partial charge in [-0.05, 0) is 25.5 Å². The number of carbonyl (C=O) groups is 1. The summed E-state index contributed by atoms with van der Waals surface area (Å²) in [6.07, 6.45) is 5.25. The first kappa shape index (κ1) is 15.8. The Morgan fingerprint density at radius 3 is 2.96 bits per heavy atom. The number of rotatable bonds is 5. The predicted molar refractivity (Wildman–Crippen MR) is 94.1 cm³/mol. The number of hydrogen-bond acceptors (Lipinski definition) is 6. The second kappa shape index (κ2) is 6.97. The molecule has 0 saturated carbocycles. The minimum atomic E-state index is -0.133. The Labute approximate surface area is 142 Å². The summed E-state index contributed by atoms with van der Waals surface area (Å²) in [5.74, 6) is -0.133. The molecule has 118 valence electrons. The molecule has 0 spiro atoms. The summed E-state index contributed by atoms with van der Waals surface area (Å²) in [6.45, 7) is 4.00. The van der Waals surface area contributed by atoms with Crippen molar-refractivity contribution in [2.45, 2.75) is 26.7 Å². The van der Waals surface area contributed by atoms with Gasteiger partial charge < -0.3 is 0 Å². The van der Waals surface area contributed by atoms with Crippen LogP contribution in [0.15, 0.2) is 29.9 Å². The van der Waals surface area contributed by atoms with E-state index >= 15 is 0 Å². The lowest BCUT2D eigenvalue weighted by atomic mass is 10.2. The first-order valence-electron chi connectivity index (χ1n) is 7.31. The first-order valence-corrected chi connectivity index (χ1v) is 9.00. The van der Waals surface area contributed by atoms with Gasteiger partial charge in [0.05, 0.1) is 16.4 Å². The largest absolute Gasteiger partial charge is 0.297 e. The molecule has 3 aromatic rings. The minimum absolute atomic E-state index is 0.133. The molecule has 0 aliphatic heterocycles. The molecule has 5 nitrogen and oxygen atoms in total. The number of amides is 1. The van der Waals surface area contributed by atoms with E-state index in [1.165, 1.54) is 22.7 Å². The van der Waals surface area contributed by atoms with E-state index in [2.05, 4.69) is 27.2 Å². The molecule has 0 bridgehead atoms. The third-order valence-corrected chi connectivity index (χ3v) is 4.95. The number of thiazole rings is 2. The van der Waals surface area contributed by atoms with E-state index in [-0.39, 0.29) is 5.91 Å². The second-order valence-corrected chi connectivity index (χ2v) is 7.05. The summed E-state index contributed by atoms with van der Waals surface area (Å²) in [7, 11) is 0. The molecule has 7 heteroatoms. The van der Waals surface area contributed by atoms with Gasteiger partial charge in [-0.25, -0.2) is 9.97 Å². The molecule has 23 heavy (non-hydrogen) atoms. The predicted octanol–water partition coefficient (Wildman–Crippen LogP) is 4.17. The zero-order valence-corrected chi connectivity index (χ0v) is 14.5. The highest BCUT2D eigenvalue weighted by Crippen LogP contribution is 2.26. The summed E-state index contributed by atoms with van der Waals surface area (Å²) in [6, 6.07) is 3.81. The van der Waals surface area contributed by atoms with Crippen molar-refractivity contribution in [1.82, 2.24) is 15.0 Å². The van der Waals surface area contributed by atoms with Gasteiger partial charge in [-0.3, -0.25) is 15.1 Å². The van der Waals surface area contributed by atoms with E-state index in [1.807, 2.05) is 24.4 Å². The van der Waals surface area contributed by atoms with Crippen molar-refractivity contribution in [2.24, 2.45) is 0 Å². The molecular weight excluding hydrogens is 328 g/mol. The number of anilines is 1. The monoisotopic (exact) mass is 344 g/mol. The Morgan fingerprint density at radius 2 is 2.22 bits per heavy atom. The molecule has 0 saturated heterocycles. The lowest BCUT2D eigenvalue weighted by Gasteiger charge is -2.01. The molecule has 0 unspecified atom stereocenters. The molecule has 3 aromatic heterocycles. The molecule has 0 radical (unpaired) electrons. The molecule has 0 aliphatic rings. The molecule has 0 fully saturated rings. The molecule has 3 rings (SSSR count). The van der Waals surface area contributed by atoms with Gasteiger partial charge in [-0.15, -0.1) is 22.7 Å². The van der Waals surface area contributed by atoms with Crippen LogP contribution in [0.2, 0.25) is 0 Å². The van der Waals surface area contributed by atoms with Gasteiger partial charge in [-0.2, -0.15) is 0 Å². The van der Waals surface area contributed by atoms with Crippen LogP contribution in [0.25, 0.3) is 11.3 Å². The van der Waals surface area contributed by atoms with Crippen molar-refractivity contribution in [2.75, 3.05) is 5.32 Å². The Hall–Kier alpha value is -2.12. The van der Waals surface area contributed by atoms with Crippen LogP contribution in [0.3, 0.4) is 0 Å². The highest BCUT2D eigenvalue weighted by molar-refractivity contribution is 7.15. The third kappa shape index (κ3) is 3.62. The molecule has 3 heterocycles. The first-order chi connectivity index (χ1) is 11.2. The minimum Gasteiger partial charge on any atom is -0.297 e. The molecular formula is C16H16N4OS2. The van der Waals surface area contributed by atoms with E-state index in [9.17, 15) is 4.79 Å². The van der Waals surface area contributed by atoms with E-state index in [0.29, 0.717) is 10.0 Å². The van der Waals surface area contributed by atoms with Crippen molar-refractivity contribution in [3.05, 3.63) is 45.5 Å². The van der Waals surface area contributed by atoms with E-state index in [0.717, 1.165) is 34.8 Å². The molecule has 1 amide bonds. The highest BCUT2D eigenvalue weighted by atomic mass is 32.1. The van der Waals surface area contributed by atoms with Gasteiger partial charge in [0.2, 0.25) is 0 Å². The maximum atomic E-state index is 12.5. The maximum Gasteiger partial charge on any atom is 0.269 e. The van der Waals surface area contributed by atoms with Crippen LogP contribution in [0.1, 0.15) is 33.7 Å². The van der Waals surface area contributed by atoms with Crippen LogP contribution in [0.5, 0.6) is 0 Å². The zero-order valence-electron chi connectivity index (χ0n) is 12.9. The lowest BCUT2D eigenvalue weighted by Crippen LogP contribution is -2.12. The molecule has 0 aromatic carbocycles. The van der Waals surface area contributed by atoms with Crippen molar-refractivity contribution >= 4 is 33.7 Å². The summed E-state index contributed by atoms with van der Waals surface area (Å²) in [4.78, 5) is 26.2. The van der Waals surface area contributed by atoms with E-state index in [4.69, 9.17) is 0 Å². The van der Waals surface area contributed by atoms with E-state index < -0.39 is 0 Å². The number of nitrogens with one attached hydrogen (secondary N) is 1. The summed E-state index contributed by atoms with van der Waals surface area (Å²) in [5.41, 5.74) is 2.62. The fourth-order valence-corrected chi connectivity index (χ4v) is 3.76. The van der Waals surface area contributed by atoms with Crippen LogP contribution in [-0.2, 0) is 6.42 Å². The van der Waals surface area contributed by atoms with Gasteiger partial charge in [0.15, 0.2) is 5.13 Å². The van der Waals surface area contributed by atoms with Crippen LogP contribution in [0.4, 0.5) is 5.13 Å². The Morgan fingerprint density at radius 1 is 1.35 bits per heavy atom. The average Bonchev–Trinajstić information content (AvgIpc) is 3.15. The fourth-order valence-electron chi connectivity index (χ4n) is 2.19. The van der Waals surface area contributed by atoms with E-state index in [1.54, 1.807) is 12.4 Å². The van der Waals surface area contributed by atoms with Crippen molar-refractivity contribution in [1.29, 1.82) is 0 Å². The number of carbonyl (C=O) groups excluding carboxylic acids is 1. The van der Waals surface area contributed by atoms with Crippen LogP contribution >= 0.6 is 22.7 Å². The standard InChI is InChI=1S/C16H16N4OS2/c1-3-5-12-14(23-10(2)18-12)15(21)20-16-19-13(9-22-16)11-6-4-7-17-8-11/h4,6-9H,3,5H2,1-2H3,(H,19,20,21). The summed E-state index contributed by atoms with van der Waals surface area (Å²) < 4.78 is 0. The Balaban J connectivity index is 1.77. The molecule has 0 aliphatic carbocycles. The summed E-state index contributed by atoms with van der Waals surface area (Å²) >= 11 is 2.84. The normalized spacial score (nSPS) is 10.7. The highest BCUT2D eigenvalue weighted by Gasteiger charge is 2.17. The van der Waals surface area contributed by atoms with Crippen molar-refractivity contribution < 1.29 is 4.79 Å². The number of aryl methyl sites for hydroxylation is 2. The van der Waals surface area contributed by atoms with Gasteiger partial charge >= 0.3 is 0 Å². The average molecular weight is 344 g/mol. The van der Waals surface area contributed by atoms with Crippen LogP contribution in [0, 0.1) is 6.92 Å². The Kier molecular flexibility index (Phi) is 4.78. The van der Waals surface area contributed by atoms with Crippen molar-refractivity contribution in [3.63, 3.8) is 0 Å². The third-order valence-electron chi connectivity index (χ3n) is 3.18. The van der Waals surface area contributed by atoms with Gasteiger partial charge in [0.1, 0.15) is 4.88 Å². The lowest BCUT2D eigenvalue weighted by molar-refractivity contribution is 0.102. The summed E-state index contributed by atoms with van der Waals surface area (Å²) in [5, 5.41) is 6.29. The number of hydrogen-bond donors (Lipinski definition) is 1. The molecule has 1 N–H and O–H groups in total. The number of aromatic nitrogens is 3. The second-order valence-electron chi connectivity index (χ2n) is 4.99.